The van der Waals surface area contributed by atoms with Crippen LogP contribution in [0.5, 0.6) is 5.75 Å². The van der Waals surface area contributed by atoms with Crippen molar-refractivity contribution in [2.75, 3.05) is 39.9 Å². The van der Waals surface area contributed by atoms with Gasteiger partial charge in [-0.15, -0.1) is 0 Å². The van der Waals surface area contributed by atoms with E-state index in [9.17, 15) is 0 Å². The number of methoxy groups -OCH3 is 1. The van der Waals surface area contributed by atoms with Gasteiger partial charge in [-0.3, -0.25) is 4.90 Å². The SMILES string of the molecule is COC1CCN(CCOc2cccc(C#CCN)c2)CC1. The Bertz CT molecular complexity index is 485. The van der Waals surface area contributed by atoms with Crippen LogP contribution in [0.15, 0.2) is 24.3 Å². The summed E-state index contributed by atoms with van der Waals surface area (Å²) in [6.45, 7) is 4.21. The van der Waals surface area contributed by atoms with E-state index in [2.05, 4.69) is 16.7 Å². The van der Waals surface area contributed by atoms with Crippen molar-refractivity contribution in [1.82, 2.24) is 4.90 Å². The summed E-state index contributed by atoms with van der Waals surface area (Å²) in [5.74, 6) is 6.73. The summed E-state index contributed by atoms with van der Waals surface area (Å²) >= 11 is 0. The van der Waals surface area contributed by atoms with Crippen molar-refractivity contribution in [2.45, 2.75) is 18.9 Å². The molecule has 0 unspecified atom stereocenters. The van der Waals surface area contributed by atoms with Gasteiger partial charge in [-0.1, -0.05) is 17.9 Å². The molecule has 4 heteroatoms. The second-order valence-corrected chi connectivity index (χ2v) is 5.16. The van der Waals surface area contributed by atoms with Crippen LogP contribution < -0.4 is 10.5 Å². The van der Waals surface area contributed by atoms with Gasteiger partial charge in [-0.25, -0.2) is 0 Å². The molecule has 21 heavy (non-hydrogen) atoms. The van der Waals surface area contributed by atoms with Gasteiger partial charge in [0, 0.05) is 32.3 Å². The van der Waals surface area contributed by atoms with E-state index < -0.39 is 0 Å². The highest BCUT2D eigenvalue weighted by Crippen LogP contribution is 2.14. The van der Waals surface area contributed by atoms with E-state index in [0.717, 1.165) is 43.8 Å². The fourth-order valence-corrected chi connectivity index (χ4v) is 2.48. The van der Waals surface area contributed by atoms with Gasteiger partial charge in [0.25, 0.3) is 0 Å². The van der Waals surface area contributed by atoms with Crippen LogP contribution in [-0.2, 0) is 4.74 Å². The first kappa shape index (κ1) is 15.8. The van der Waals surface area contributed by atoms with Crippen molar-refractivity contribution >= 4 is 0 Å². The lowest BCUT2D eigenvalue weighted by molar-refractivity contribution is 0.0375. The molecule has 1 saturated heterocycles. The molecule has 0 bridgehead atoms. The number of hydrogen-bond donors (Lipinski definition) is 1. The molecule has 4 nitrogen and oxygen atoms in total. The summed E-state index contributed by atoms with van der Waals surface area (Å²) in [5, 5.41) is 0. The molecule has 0 atom stereocenters. The van der Waals surface area contributed by atoms with Gasteiger partial charge in [0.15, 0.2) is 0 Å². The summed E-state index contributed by atoms with van der Waals surface area (Å²) < 4.78 is 11.2. The summed E-state index contributed by atoms with van der Waals surface area (Å²) in [5.41, 5.74) is 6.32. The molecule has 0 aliphatic carbocycles. The summed E-state index contributed by atoms with van der Waals surface area (Å²) in [6.07, 6.45) is 2.65. The number of ether oxygens (including phenoxy) is 2. The molecule has 1 aromatic rings. The normalized spacial score (nSPS) is 16.3. The van der Waals surface area contributed by atoms with Crippen molar-refractivity contribution in [3.63, 3.8) is 0 Å². The maximum absolute atomic E-state index is 5.81. The number of rotatable bonds is 5. The van der Waals surface area contributed by atoms with Gasteiger partial charge in [0.1, 0.15) is 12.4 Å². The van der Waals surface area contributed by atoms with Crippen LogP contribution >= 0.6 is 0 Å². The Morgan fingerprint density at radius 3 is 2.86 bits per heavy atom. The average Bonchev–Trinajstić information content (AvgIpc) is 2.54. The lowest BCUT2D eigenvalue weighted by atomic mass is 10.1. The van der Waals surface area contributed by atoms with Gasteiger partial charge in [0.05, 0.1) is 12.6 Å². The maximum Gasteiger partial charge on any atom is 0.120 e. The third-order valence-electron chi connectivity index (χ3n) is 3.71. The molecule has 114 valence electrons. The fourth-order valence-electron chi connectivity index (χ4n) is 2.48. The van der Waals surface area contributed by atoms with E-state index in [1.54, 1.807) is 7.11 Å². The first-order valence-corrected chi connectivity index (χ1v) is 7.49. The van der Waals surface area contributed by atoms with E-state index in [0.29, 0.717) is 19.3 Å². The second-order valence-electron chi connectivity index (χ2n) is 5.16. The van der Waals surface area contributed by atoms with Gasteiger partial charge >= 0.3 is 0 Å². The van der Waals surface area contributed by atoms with Crippen LogP contribution in [0.1, 0.15) is 18.4 Å². The smallest absolute Gasteiger partial charge is 0.120 e. The van der Waals surface area contributed by atoms with Gasteiger partial charge in [-0.05, 0) is 31.0 Å². The van der Waals surface area contributed by atoms with E-state index in [1.165, 1.54) is 0 Å². The molecule has 0 spiro atoms. The van der Waals surface area contributed by atoms with Crippen LogP contribution in [-0.4, -0.2) is 50.9 Å². The molecular weight excluding hydrogens is 264 g/mol. The first-order chi connectivity index (χ1) is 10.3. The van der Waals surface area contributed by atoms with E-state index in [-0.39, 0.29) is 0 Å². The molecule has 0 radical (unpaired) electrons. The predicted octanol–water partition coefficient (Wildman–Crippen LogP) is 1.49. The molecule has 0 saturated carbocycles. The topological polar surface area (TPSA) is 47.7 Å². The van der Waals surface area contributed by atoms with Crippen molar-refractivity contribution in [2.24, 2.45) is 5.73 Å². The molecule has 2 rings (SSSR count). The summed E-state index contributed by atoms with van der Waals surface area (Å²) in [4.78, 5) is 2.42. The number of benzene rings is 1. The molecule has 1 aliphatic heterocycles. The molecule has 0 amide bonds. The van der Waals surface area contributed by atoms with Gasteiger partial charge < -0.3 is 15.2 Å². The number of nitrogens with two attached hydrogens (primary N) is 1. The Kier molecular flexibility index (Phi) is 6.55. The van der Waals surface area contributed by atoms with E-state index >= 15 is 0 Å². The predicted molar refractivity (Wildman–Crippen MR) is 84.3 cm³/mol. The van der Waals surface area contributed by atoms with E-state index in [4.69, 9.17) is 15.2 Å². The lowest BCUT2D eigenvalue weighted by Gasteiger charge is -2.30. The van der Waals surface area contributed by atoms with Crippen molar-refractivity contribution in [1.29, 1.82) is 0 Å². The minimum atomic E-state index is 0.377. The third kappa shape index (κ3) is 5.39. The Morgan fingerprint density at radius 2 is 2.14 bits per heavy atom. The number of likely N-dealkylation sites (tertiary alicyclic amines) is 1. The minimum Gasteiger partial charge on any atom is -0.492 e. The van der Waals surface area contributed by atoms with Crippen molar-refractivity contribution in [3.8, 4) is 17.6 Å². The quantitative estimate of drug-likeness (QED) is 0.834. The minimum absolute atomic E-state index is 0.377. The Balaban J connectivity index is 1.73. The molecule has 1 aliphatic rings. The molecule has 1 fully saturated rings. The summed E-state index contributed by atoms with van der Waals surface area (Å²) in [6, 6.07) is 7.84. The molecule has 1 aromatic carbocycles. The monoisotopic (exact) mass is 288 g/mol. The average molecular weight is 288 g/mol. The molecule has 0 aromatic heterocycles. The summed E-state index contributed by atoms with van der Waals surface area (Å²) in [7, 11) is 1.80. The van der Waals surface area contributed by atoms with Crippen LogP contribution in [0.25, 0.3) is 0 Å². The maximum atomic E-state index is 5.81. The number of piperidine rings is 1. The number of hydrogen-bond acceptors (Lipinski definition) is 4. The van der Waals surface area contributed by atoms with E-state index in [1.807, 2.05) is 24.3 Å². The highest BCUT2D eigenvalue weighted by molar-refractivity contribution is 5.39. The highest BCUT2D eigenvalue weighted by atomic mass is 16.5. The first-order valence-electron chi connectivity index (χ1n) is 7.49. The van der Waals surface area contributed by atoms with Gasteiger partial charge in [-0.2, -0.15) is 0 Å². The Hall–Kier alpha value is -1.54. The van der Waals surface area contributed by atoms with Crippen molar-refractivity contribution in [3.05, 3.63) is 29.8 Å². The fraction of sp³-hybridized carbons (Fsp3) is 0.529. The van der Waals surface area contributed by atoms with Crippen LogP contribution in [0.3, 0.4) is 0 Å². The zero-order chi connectivity index (χ0) is 14.9. The van der Waals surface area contributed by atoms with Crippen LogP contribution in [0.2, 0.25) is 0 Å². The second kappa shape index (κ2) is 8.68. The molecule has 2 N–H and O–H groups in total. The third-order valence-corrected chi connectivity index (χ3v) is 3.71. The molecule has 1 heterocycles. The van der Waals surface area contributed by atoms with Crippen molar-refractivity contribution < 1.29 is 9.47 Å². The Morgan fingerprint density at radius 1 is 1.33 bits per heavy atom. The largest absolute Gasteiger partial charge is 0.492 e. The van der Waals surface area contributed by atoms with Crippen LogP contribution in [0.4, 0.5) is 0 Å². The van der Waals surface area contributed by atoms with Crippen LogP contribution in [0, 0.1) is 11.8 Å². The number of nitrogens with zero attached hydrogens (tertiary/aromatic N) is 1. The van der Waals surface area contributed by atoms with Gasteiger partial charge in [0.2, 0.25) is 0 Å². The Labute approximate surface area is 127 Å². The zero-order valence-corrected chi connectivity index (χ0v) is 12.7. The lowest BCUT2D eigenvalue weighted by Crippen LogP contribution is -2.38. The standard InChI is InChI=1S/C17H24N2O2/c1-20-16-7-10-19(11-8-16)12-13-21-17-6-2-4-15(14-17)5-3-9-18/h2,4,6,14,16H,7-13,18H2,1H3. The zero-order valence-electron chi connectivity index (χ0n) is 12.7. The molecular formula is C17H24N2O2. The highest BCUT2D eigenvalue weighted by Gasteiger charge is 2.18.